The molecule has 5 heteroatoms. The highest BCUT2D eigenvalue weighted by Gasteiger charge is 2.28. The van der Waals surface area contributed by atoms with E-state index in [1.165, 1.54) is 4.90 Å². The van der Waals surface area contributed by atoms with Gasteiger partial charge in [-0.15, -0.1) is 0 Å². The van der Waals surface area contributed by atoms with Crippen molar-refractivity contribution in [2.24, 2.45) is 0 Å². The highest BCUT2D eigenvalue weighted by atomic mass is 16.3. The molecule has 90 valence electrons. The van der Waals surface area contributed by atoms with Gasteiger partial charge in [0.1, 0.15) is 0 Å². The largest absolute Gasteiger partial charge is 0.389 e. The predicted molar refractivity (Wildman–Crippen MR) is 62.4 cm³/mol. The number of carbonyl (C=O) groups excluding carboxylic acids is 2. The Morgan fingerprint density at radius 2 is 2.06 bits per heavy atom. The normalized spacial score (nSPS) is 17.9. The van der Waals surface area contributed by atoms with E-state index in [-0.39, 0.29) is 0 Å². The molecule has 1 fully saturated rings. The second kappa shape index (κ2) is 4.55. The fraction of sp³-hybridized carbons (Fsp3) is 0.333. The minimum atomic E-state index is -0.677. The molecule has 1 heterocycles. The van der Waals surface area contributed by atoms with Crippen LogP contribution in [-0.4, -0.2) is 30.0 Å². The fourth-order valence-corrected chi connectivity index (χ4v) is 1.90. The minimum absolute atomic E-state index is 0.425. The van der Waals surface area contributed by atoms with Crippen LogP contribution < -0.4 is 10.2 Å². The molecule has 0 saturated carbocycles. The highest BCUT2D eigenvalue weighted by molar-refractivity contribution is 6.41. The number of nitrogens with one attached hydrogen (secondary N) is 1. The first-order chi connectivity index (χ1) is 8.11. The zero-order valence-corrected chi connectivity index (χ0v) is 9.51. The maximum absolute atomic E-state index is 11.7. The van der Waals surface area contributed by atoms with Gasteiger partial charge in [0.15, 0.2) is 0 Å². The summed E-state index contributed by atoms with van der Waals surface area (Å²) in [4.78, 5) is 24.4. The van der Waals surface area contributed by atoms with Gasteiger partial charge in [-0.2, -0.15) is 0 Å². The second-order valence-electron chi connectivity index (χ2n) is 3.95. The molecule has 1 unspecified atom stereocenters. The minimum Gasteiger partial charge on any atom is -0.389 e. The number of hydrogen-bond donors (Lipinski definition) is 2. The lowest BCUT2D eigenvalue weighted by molar-refractivity contribution is -0.138. The smallest absolute Gasteiger partial charge is 0.316 e. The molecule has 0 radical (unpaired) electrons. The second-order valence-corrected chi connectivity index (χ2v) is 3.95. The molecule has 1 aliphatic rings. The molecule has 2 rings (SSSR count). The molecule has 17 heavy (non-hydrogen) atoms. The van der Waals surface area contributed by atoms with Gasteiger partial charge in [-0.05, 0) is 13.0 Å². The van der Waals surface area contributed by atoms with Crippen LogP contribution in [0.15, 0.2) is 24.3 Å². The lowest BCUT2D eigenvalue weighted by Gasteiger charge is -2.28. The van der Waals surface area contributed by atoms with E-state index in [1.54, 1.807) is 31.2 Å². The first-order valence-electron chi connectivity index (χ1n) is 5.48. The number of aliphatic hydroxyl groups is 1. The van der Waals surface area contributed by atoms with Gasteiger partial charge in [0.25, 0.3) is 0 Å². The van der Waals surface area contributed by atoms with Crippen molar-refractivity contribution in [2.45, 2.75) is 13.0 Å². The van der Waals surface area contributed by atoms with Crippen LogP contribution in [0.2, 0.25) is 0 Å². The number of amides is 2. The summed E-state index contributed by atoms with van der Waals surface area (Å²) in [5, 5.41) is 12.1. The van der Waals surface area contributed by atoms with Crippen LogP contribution in [0.5, 0.6) is 0 Å². The van der Waals surface area contributed by atoms with Gasteiger partial charge >= 0.3 is 11.8 Å². The number of hydrogen-bond acceptors (Lipinski definition) is 3. The van der Waals surface area contributed by atoms with Crippen LogP contribution in [0.4, 0.5) is 5.69 Å². The summed E-state index contributed by atoms with van der Waals surface area (Å²) in [6, 6.07) is 7.05. The number of rotatable bonds is 2. The fourth-order valence-electron chi connectivity index (χ4n) is 1.90. The molecule has 5 nitrogen and oxygen atoms in total. The van der Waals surface area contributed by atoms with Crippen LogP contribution in [0.1, 0.15) is 18.6 Å². The summed E-state index contributed by atoms with van der Waals surface area (Å²) >= 11 is 0. The lowest BCUT2D eigenvalue weighted by atomic mass is 10.1. The average molecular weight is 234 g/mol. The number of benzene rings is 1. The number of aliphatic hydroxyl groups excluding tert-OH is 1. The van der Waals surface area contributed by atoms with E-state index >= 15 is 0 Å². The summed E-state index contributed by atoms with van der Waals surface area (Å²) in [5.41, 5.74) is 1.25. The zero-order valence-electron chi connectivity index (χ0n) is 9.51. The molecule has 2 amide bonds. The van der Waals surface area contributed by atoms with Gasteiger partial charge in [-0.3, -0.25) is 9.59 Å². The van der Waals surface area contributed by atoms with Gasteiger partial charge in [-0.1, -0.05) is 18.2 Å². The topological polar surface area (TPSA) is 69.6 Å². The summed E-state index contributed by atoms with van der Waals surface area (Å²) in [7, 11) is 0. The first-order valence-corrected chi connectivity index (χ1v) is 5.48. The Morgan fingerprint density at radius 3 is 2.76 bits per heavy atom. The molecule has 0 aliphatic carbocycles. The molecule has 0 bridgehead atoms. The maximum Gasteiger partial charge on any atom is 0.316 e. The summed E-state index contributed by atoms with van der Waals surface area (Å²) < 4.78 is 0. The Balaban J connectivity index is 2.39. The Kier molecular flexibility index (Phi) is 3.10. The Labute approximate surface area is 99.0 Å². The van der Waals surface area contributed by atoms with Gasteiger partial charge in [0.2, 0.25) is 0 Å². The van der Waals surface area contributed by atoms with Gasteiger partial charge in [0.05, 0.1) is 6.10 Å². The van der Waals surface area contributed by atoms with Crippen molar-refractivity contribution < 1.29 is 14.7 Å². The van der Waals surface area contributed by atoms with E-state index in [0.29, 0.717) is 24.3 Å². The van der Waals surface area contributed by atoms with Crippen molar-refractivity contribution in [3.63, 3.8) is 0 Å². The molecule has 1 aromatic rings. The molecule has 0 aromatic heterocycles. The summed E-state index contributed by atoms with van der Waals surface area (Å²) in [6.45, 7) is 2.49. The Bertz CT molecular complexity index is 457. The molecule has 0 spiro atoms. The monoisotopic (exact) mass is 234 g/mol. The van der Waals surface area contributed by atoms with Crippen molar-refractivity contribution in [2.75, 3.05) is 18.0 Å². The number of para-hydroxylation sites is 1. The summed E-state index contributed by atoms with van der Waals surface area (Å²) in [5.74, 6) is -1.18. The van der Waals surface area contributed by atoms with Crippen LogP contribution >= 0.6 is 0 Å². The van der Waals surface area contributed by atoms with Crippen molar-refractivity contribution in [1.29, 1.82) is 0 Å². The quantitative estimate of drug-likeness (QED) is 0.718. The van der Waals surface area contributed by atoms with Crippen molar-refractivity contribution in [3.05, 3.63) is 29.8 Å². The number of nitrogens with zero attached hydrogens (tertiary/aromatic N) is 1. The zero-order chi connectivity index (χ0) is 12.4. The highest BCUT2D eigenvalue weighted by Crippen LogP contribution is 2.26. The Hall–Kier alpha value is -1.88. The van der Waals surface area contributed by atoms with Crippen LogP contribution in [0.3, 0.4) is 0 Å². The molecule has 1 aliphatic heterocycles. The van der Waals surface area contributed by atoms with Gasteiger partial charge < -0.3 is 15.3 Å². The standard InChI is InChI=1S/C12H14N2O3/c1-8(15)9-4-2-3-5-10(9)14-7-6-13-11(16)12(14)17/h2-5,8,15H,6-7H2,1H3,(H,13,16). The molecular weight excluding hydrogens is 220 g/mol. The third-order valence-corrected chi connectivity index (χ3v) is 2.74. The molecule has 1 saturated heterocycles. The first kappa shape index (κ1) is 11.6. The van der Waals surface area contributed by atoms with Crippen LogP contribution in [-0.2, 0) is 9.59 Å². The van der Waals surface area contributed by atoms with Crippen molar-refractivity contribution >= 4 is 17.5 Å². The van der Waals surface area contributed by atoms with Crippen LogP contribution in [0.25, 0.3) is 0 Å². The van der Waals surface area contributed by atoms with E-state index in [2.05, 4.69) is 5.32 Å². The van der Waals surface area contributed by atoms with E-state index in [9.17, 15) is 14.7 Å². The van der Waals surface area contributed by atoms with Crippen LogP contribution in [0, 0.1) is 0 Å². The van der Waals surface area contributed by atoms with E-state index in [4.69, 9.17) is 0 Å². The molecule has 2 N–H and O–H groups in total. The lowest BCUT2D eigenvalue weighted by Crippen LogP contribution is -2.52. The number of carbonyl (C=O) groups is 2. The molecule has 1 aromatic carbocycles. The summed E-state index contributed by atoms with van der Waals surface area (Å²) in [6.07, 6.45) is -0.677. The number of piperazine rings is 1. The third-order valence-electron chi connectivity index (χ3n) is 2.74. The molecular formula is C12H14N2O3. The van der Waals surface area contributed by atoms with E-state index < -0.39 is 17.9 Å². The third kappa shape index (κ3) is 2.14. The van der Waals surface area contributed by atoms with E-state index in [1.807, 2.05) is 0 Å². The van der Waals surface area contributed by atoms with Crippen molar-refractivity contribution in [3.8, 4) is 0 Å². The van der Waals surface area contributed by atoms with Gasteiger partial charge in [0, 0.05) is 24.3 Å². The van der Waals surface area contributed by atoms with Crippen molar-refractivity contribution in [1.82, 2.24) is 5.32 Å². The SMILES string of the molecule is CC(O)c1ccccc1N1CCNC(=O)C1=O. The van der Waals surface area contributed by atoms with Gasteiger partial charge in [-0.25, -0.2) is 0 Å². The maximum atomic E-state index is 11.7. The Morgan fingerprint density at radius 1 is 1.35 bits per heavy atom. The van der Waals surface area contributed by atoms with E-state index in [0.717, 1.165) is 0 Å². The predicted octanol–water partition coefficient (Wildman–Crippen LogP) is 0.203. The average Bonchev–Trinajstić information content (AvgIpc) is 2.33. The molecule has 1 atom stereocenters. The number of anilines is 1.